The van der Waals surface area contributed by atoms with Gasteiger partial charge in [-0.05, 0) is 98.1 Å². The van der Waals surface area contributed by atoms with E-state index in [0.29, 0.717) is 28.3 Å². The third-order valence-electron chi connectivity index (χ3n) is 9.38. The SMILES string of the molecule is C/C(=N/OCc1ccc(Cl)cc1Cl)c1ccc(NC(=O)CC2(c3ccccc3)C3CC4CC(C3)CC2C4)cc1. The van der Waals surface area contributed by atoms with Gasteiger partial charge in [-0.25, -0.2) is 0 Å². The molecule has 0 aromatic heterocycles. The Kier molecular flexibility index (Phi) is 7.43. The highest BCUT2D eigenvalue weighted by atomic mass is 35.5. The van der Waals surface area contributed by atoms with Crippen molar-refractivity contribution in [3.63, 3.8) is 0 Å². The lowest BCUT2D eigenvalue weighted by Gasteiger charge is -2.61. The van der Waals surface area contributed by atoms with Crippen LogP contribution in [-0.2, 0) is 21.7 Å². The Labute approximate surface area is 240 Å². The lowest BCUT2D eigenvalue weighted by atomic mass is 9.43. The van der Waals surface area contributed by atoms with Crippen LogP contribution in [0.15, 0.2) is 78.0 Å². The number of rotatable bonds is 8. The number of hydrogen-bond donors (Lipinski definition) is 1. The third kappa shape index (κ3) is 5.34. The lowest BCUT2D eigenvalue weighted by Crippen LogP contribution is -2.56. The predicted molar refractivity (Wildman–Crippen MR) is 158 cm³/mol. The second-order valence-corrected chi connectivity index (χ2v) is 12.5. The zero-order valence-corrected chi connectivity index (χ0v) is 23.7. The number of halogens is 2. The Hall–Kier alpha value is -2.82. The monoisotopic (exact) mass is 560 g/mol. The normalized spacial score (nSPS) is 27.4. The van der Waals surface area contributed by atoms with Gasteiger partial charge >= 0.3 is 0 Å². The molecule has 39 heavy (non-hydrogen) atoms. The van der Waals surface area contributed by atoms with Crippen molar-refractivity contribution >= 4 is 40.5 Å². The first-order chi connectivity index (χ1) is 18.9. The van der Waals surface area contributed by atoms with Gasteiger partial charge in [-0.3, -0.25) is 4.79 Å². The number of oxime groups is 1. The topological polar surface area (TPSA) is 50.7 Å². The van der Waals surface area contributed by atoms with E-state index in [9.17, 15) is 4.79 Å². The number of amides is 1. The summed E-state index contributed by atoms with van der Waals surface area (Å²) in [7, 11) is 0. The Bertz CT molecular complexity index is 1340. The molecule has 6 heteroatoms. The molecule has 1 amide bonds. The van der Waals surface area contributed by atoms with Gasteiger partial charge in [0.25, 0.3) is 0 Å². The highest BCUT2D eigenvalue weighted by Gasteiger charge is 2.58. The van der Waals surface area contributed by atoms with Gasteiger partial charge in [0, 0.05) is 33.1 Å². The van der Waals surface area contributed by atoms with Crippen molar-refractivity contribution in [3.8, 4) is 0 Å². The molecule has 4 bridgehead atoms. The molecule has 4 nitrogen and oxygen atoms in total. The Morgan fingerprint density at radius 3 is 2.23 bits per heavy atom. The summed E-state index contributed by atoms with van der Waals surface area (Å²) >= 11 is 12.2. The molecular weight excluding hydrogens is 527 g/mol. The van der Waals surface area contributed by atoms with Crippen LogP contribution in [0.1, 0.15) is 62.1 Å². The first kappa shape index (κ1) is 26.4. The quantitative estimate of drug-likeness (QED) is 0.221. The van der Waals surface area contributed by atoms with Crippen LogP contribution in [0.2, 0.25) is 10.0 Å². The molecule has 0 unspecified atom stereocenters. The maximum Gasteiger partial charge on any atom is 0.225 e. The first-order valence-electron chi connectivity index (χ1n) is 14.0. The average Bonchev–Trinajstić information content (AvgIpc) is 2.92. The fraction of sp³-hybridized carbons (Fsp3) is 0.394. The standard InChI is InChI=1S/C33H34Cl2N2O2/c1-21(37-39-20-25-7-10-29(34)18-31(25)35)24-8-11-30(12-9-24)36-32(38)19-33(26-5-3-2-4-6-26)27-14-22-13-23(16-27)17-28(33)15-22/h2-12,18,22-23,27-28H,13-17,19-20H2,1H3,(H,36,38)/b37-21-. The summed E-state index contributed by atoms with van der Waals surface area (Å²) < 4.78 is 0. The number of nitrogens with zero attached hydrogens (tertiary/aromatic N) is 1. The van der Waals surface area contributed by atoms with Gasteiger partial charge in [-0.1, -0.05) is 76.9 Å². The molecule has 202 valence electrons. The van der Waals surface area contributed by atoms with Crippen molar-refractivity contribution in [1.82, 2.24) is 0 Å². The fourth-order valence-corrected chi connectivity index (χ4v) is 8.25. The summed E-state index contributed by atoms with van der Waals surface area (Å²) in [6.45, 7) is 2.15. The Morgan fingerprint density at radius 1 is 0.923 bits per heavy atom. The third-order valence-corrected chi connectivity index (χ3v) is 9.97. The number of nitrogens with one attached hydrogen (secondary N) is 1. The van der Waals surface area contributed by atoms with Crippen molar-refractivity contribution < 1.29 is 9.63 Å². The predicted octanol–water partition coefficient (Wildman–Crippen LogP) is 8.66. The molecule has 0 saturated heterocycles. The molecule has 4 aliphatic rings. The Balaban J connectivity index is 1.12. The molecule has 4 saturated carbocycles. The van der Waals surface area contributed by atoms with Gasteiger partial charge in [0.05, 0.1) is 5.71 Å². The minimum atomic E-state index is -0.0493. The van der Waals surface area contributed by atoms with Crippen LogP contribution in [0.25, 0.3) is 0 Å². The first-order valence-corrected chi connectivity index (χ1v) is 14.7. The Morgan fingerprint density at radius 2 is 1.59 bits per heavy atom. The highest BCUT2D eigenvalue weighted by molar-refractivity contribution is 6.35. The zero-order valence-electron chi connectivity index (χ0n) is 22.2. The van der Waals surface area contributed by atoms with Gasteiger partial charge in [0.1, 0.15) is 6.61 Å². The number of benzene rings is 3. The maximum absolute atomic E-state index is 13.6. The van der Waals surface area contributed by atoms with Gasteiger partial charge in [0.15, 0.2) is 0 Å². The summed E-state index contributed by atoms with van der Waals surface area (Å²) in [4.78, 5) is 19.1. The van der Waals surface area contributed by atoms with Crippen LogP contribution in [0.4, 0.5) is 5.69 Å². The van der Waals surface area contributed by atoms with Crippen LogP contribution < -0.4 is 5.32 Å². The summed E-state index contributed by atoms with van der Waals surface area (Å²) in [5.41, 5.74) is 4.61. The summed E-state index contributed by atoms with van der Waals surface area (Å²) in [5.74, 6) is 3.03. The second kappa shape index (κ2) is 11.0. The van der Waals surface area contributed by atoms with E-state index in [1.54, 1.807) is 12.1 Å². The summed E-state index contributed by atoms with van der Waals surface area (Å²) in [6.07, 6.45) is 7.04. The zero-order chi connectivity index (χ0) is 27.0. The smallest absolute Gasteiger partial charge is 0.225 e. The van der Waals surface area contributed by atoms with E-state index in [0.717, 1.165) is 34.4 Å². The second-order valence-electron chi connectivity index (χ2n) is 11.7. The van der Waals surface area contributed by atoms with Crippen molar-refractivity contribution in [3.05, 3.63) is 99.5 Å². The summed E-state index contributed by atoms with van der Waals surface area (Å²) in [6, 6.07) is 24.0. The summed E-state index contributed by atoms with van der Waals surface area (Å²) in [5, 5.41) is 8.59. The van der Waals surface area contributed by atoms with Crippen LogP contribution in [-0.4, -0.2) is 11.6 Å². The van der Waals surface area contributed by atoms with Gasteiger partial charge in [-0.15, -0.1) is 0 Å². The van der Waals surface area contributed by atoms with E-state index in [-0.39, 0.29) is 17.9 Å². The molecular formula is C33H34Cl2N2O2. The molecule has 0 spiro atoms. The highest BCUT2D eigenvalue weighted by Crippen LogP contribution is 2.64. The van der Waals surface area contributed by atoms with E-state index < -0.39 is 0 Å². The fourth-order valence-electron chi connectivity index (χ4n) is 7.79. The van der Waals surface area contributed by atoms with Gasteiger partial charge < -0.3 is 10.2 Å². The molecule has 3 aromatic carbocycles. The molecule has 0 atom stereocenters. The lowest BCUT2D eigenvalue weighted by molar-refractivity contribution is -0.124. The van der Waals surface area contributed by atoms with Crippen LogP contribution in [0, 0.1) is 23.7 Å². The molecule has 0 radical (unpaired) electrons. The molecule has 1 N–H and O–H groups in total. The van der Waals surface area contributed by atoms with Crippen LogP contribution >= 0.6 is 23.2 Å². The van der Waals surface area contributed by atoms with Crippen molar-refractivity contribution in [2.24, 2.45) is 28.8 Å². The minimum Gasteiger partial charge on any atom is -0.391 e. The largest absolute Gasteiger partial charge is 0.391 e. The van der Waals surface area contributed by atoms with Gasteiger partial charge in [0.2, 0.25) is 5.91 Å². The average molecular weight is 562 g/mol. The minimum absolute atomic E-state index is 0.0493. The van der Waals surface area contributed by atoms with Crippen molar-refractivity contribution in [1.29, 1.82) is 0 Å². The van der Waals surface area contributed by atoms with E-state index in [2.05, 4.69) is 40.8 Å². The van der Waals surface area contributed by atoms with Crippen molar-refractivity contribution in [2.45, 2.75) is 57.5 Å². The number of anilines is 1. The number of carbonyl (C=O) groups is 1. The molecule has 3 aromatic rings. The molecule has 0 heterocycles. The molecule has 4 fully saturated rings. The number of hydrogen-bond acceptors (Lipinski definition) is 3. The van der Waals surface area contributed by atoms with E-state index >= 15 is 0 Å². The molecule has 4 aliphatic carbocycles. The van der Waals surface area contributed by atoms with E-state index in [1.165, 1.54) is 37.7 Å². The molecule has 7 rings (SSSR count). The van der Waals surface area contributed by atoms with Gasteiger partial charge in [-0.2, -0.15) is 0 Å². The number of carbonyl (C=O) groups excluding carboxylic acids is 1. The molecule has 0 aliphatic heterocycles. The van der Waals surface area contributed by atoms with Crippen LogP contribution in [0.5, 0.6) is 0 Å². The van der Waals surface area contributed by atoms with E-state index in [1.807, 2.05) is 37.3 Å². The maximum atomic E-state index is 13.6. The van der Waals surface area contributed by atoms with Crippen molar-refractivity contribution in [2.75, 3.05) is 5.32 Å². The van der Waals surface area contributed by atoms with E-state index in [4.69, 9.17) is 28.0 Å². The van der Waals surface area contributed by atoms with Crippen LogP contribution in [0.3, 0.4) is 0 Å².